The van der Waals surface area contributed by atoms with E-state index in [4.69, 9.17) is 11.0 Å². The molecule has 1 rings (SSSR count). The van der Waals surface area contributed by atoms with Crippen LogP contribution in [0.15, 0.2) is 12.3 Å². The van der Waals surface area contributed by atoms with Crippen LogP contribution < -0.4 is 10.6 Å². The van der Waals surface area contributed by atoms with E-state index in [9.17, 15) is 4.79 Å². The van der Waals surface area contributed by atoms with Gasteiger partial charge in [0, 0.05) is 13.1 Å². The van der Waals surface area contributed by atoms with Crippen molar-refractivity contribution in [3.8, 4) is 6.07 Å². The predicted octanol–water partition coefficient (Wildman–Crippen LogP) is -0.730. The van der Waals surface area contributed by atoms with E-state index in [2.05, 4.69) is 10.2 Å². The Labute approximate surface area is 81.0 Å². The molecule has 1 heterocycles. The van der Waals surface area contributed by atoms with Gasteiger partial charge in [-0.25, -0.2) is 0 Å². The van der Waals surface area contributed by atoms with Crippen molar-refractivity contribution in [2.45, 2.75) is 0 Å². The quantitative estimate of drug-likeness (QED) is 0.679. The van der Waals surface area contributed by atoms with Crippen LogP contribution >= 0.6 is 0 Å². The summed E-state index contributed by atoms with van der Waals surface area (Å²) < 4.78 is 0. The molecule has 72 valence electrons. The van der Waals surface area contributed by atoms with Crippen molar-refractivity contribution in [2.75, 3.05) is 18.5 Å². The number of hydrogen-bond acceptors (Lipinski definition) is 5. The van der Waals surface area contributed by atoms with Gasteiger partial charge in [0.25, 0.3) is 0 Å². The van der Waals surface area contributed by atoms with Gasteiger partial charge in [0.15, 0.2) is 5.82 Å². The molecule has 0 saturated carbocycles. The van der Waals surface area contributed by atoms with Crippen molar-refractivity contribution >= 4 is 11.7 Å². The molecule has 0 unspecified atom stereocenters. The molecule has 0 saturated heterocycles. The number of carbonyl (C=O) groups excluding carboxylic acids is 1. The monoisotopic (exact) mass is 191 g/mol. The van der Waals surface area contributed by atoms with Crippen LogP contribution in [0, 0.1) is 11.3 Å². The fourth-order valence-electron chi connectivity index (χ4n) is 0.918. The number of nitriles is 1. The Morgan fingerprint density at radius 3 is 3.07 bits per heavy atom. The van der Waals surface area contributed by atoms with E-state index in [1.54, 1.807) is 7.05 Å². The maximum Gasteiger partial charge on any atom is 0.236 e. The van der Waals surface area contributed by atoms with E-state index in [0.29, 0.717) is 11.4 Å². The highest BCUT2D eigenvalue weighted by atomic mass is 16.1. The Kier molecular flexibility index (Phi) is 2.97. The van der Waals surface area contributed by atoms with Crippen LogP contribution in [-0.2, 0) is 4.79 Å². The number of primary amides is 1. The fraction of sp³-hybridized carbons (Fsp3) is 0.250. The van der Waals surface area contributed by atoms with E-state index in [1.165, 1.54) is 17.2 Å². The smallest absolute Gasteiger partial charge is 0.236 e. The number of anilines is 1. The van der Waals surface area contributed by atoms with Gasteiger partial charge in [-0.15, -0.1) is 5.10 Å². The molecule has 0 aliphatic rings. The van der Waals surface area contributed by atoms with Gasteiger partial charge in [0.05, 0.1) is 18.3 Å². The minimum atomic E-state index is -0.461. The third-order valence-electron chi connectivity index (χ3n) is 1.55. The SMILES string of the molecule is CN(CC(N)=O)c1cc(C#N)cnn1. The lowest BCUT2D eigenvalue weighted by Gasteiger charge is -2.14. The maximum absolute atomic E-state index is 10.6. The highest BCUT2D eigenvalue weighted by Gasteiger charge is 2.06. The molecule has 0 fully saturated rings. The molecule has 0 bridgehead atoms. The highest BCUT2D eigenvalue weighted by molar-refractivity contribution is 5.79. The van der Waals surface area contributed by atoms with Crippen molar-refractivity contribution in [1.29, 1.82) is 5.26 Å². The minimum absolute atomic E-state index is 0.0452. The second-order valence-electron chi connectivity index (χ2n) is 2.74. The first-order valence-corrected chi connectivity index (χ1v) is 3.85. The molecule has 1 amide bonds. The lowest BCUT2D eigenvalue weighted by atomic mass is 10.3. The Bertz CT molecular complexity index is 384. The second kappa shape index (κ2) is 4.18. The van der Waals surface area contributed by atoms with Crippen LogP contribution in [0.4, 0.5) is 5.82 Å². The Hall–Kier alpha value is -2.16. The van der Waals surface area contributed by atoms with E-state index in [0.717, 1.165) is 0 Å². The molecule has 14 heavy (non-hydrogen) atoms. The molecule has 0 radical (unpaired) electrons. The zero-order valence-electron chi connectivity index (χ0n) is 7.64. The average molecular weight is 191 g/mol. The van der Waals surface area contributed by atoms with Gasteiger partial charge < -0.3 is 10.6 Å². The molecule has 0 aliphatic carbocycles. The lowest BCUT2D eigenvalue weighted by Crippen LogP contribution is -2.31. The van der Waals surface area contributed by atoms with Crippen molar-refractivity contribution in [1.82, 2.24) is 10.2 Å². The average Bonchev–Trinajstić information content (AvgIpc) is 2.17. The summed E-state index contributed by atoms with van der Waals surface area (Å²) >= 11 is 0. The van der Waals surface area contributed by atoms with Crippen LogP contribution in [0.5, 0.6) is 0 Å². The molecule has 6 nitrogen and oxygen atoms in total. The molecule has 1 aromatic heterocycles. The van der Waals surface area contributed by atoms with Crippen molar-refractivity contribution < 1.29 is 4.79 Å². The number of aromatic nitrogens is 2. The van der Waals surface area contributed by atoms with Gasteiger partial charge in [-0.05, 0) is 0 Å². The van der Waals surface area contributed by atoms with E-state index in [-0.39, 0.29) is 6.54 Å². The number of amides is 1. The first-order chi connectivity index (χ1) is 6.63. The Balaban J connectivity index is 2.85. The molecule has 0 aliphatic heterocycles. The summed E-state index contributed by atoms with van der Waals surface area (Å²) in [7, 11) is 1.65. The summed E-state index contributed by atoms with van der Waals surface area (Å²) in [6, 6.07) is 3.47. The van der Waals surface area contributed by atoms with E-state index < -0.39 is 5.91 Å². The van der Waals surface area contributed by atoms with Crippen LogP contribution in [0.1, 0.15) is 5.56 Å². The largest absolute Gasteiger partial charge is 0.368 e. The minimum Gasteiger partial charge on any atom is -0.368 e. The first kappa shape index (κ1) is 9.92. The number of nitrogens with two attached hydrogens (primary N) is 1. The molecule has 0 atom stereocenters. The van der Waals surface area contributed by atoms with Crippen LogP contribution in [0.3, 0.4) is 0 Å². The highest BCUT2D eigenvalue weighted by Crippen LogP contribution is 2.07. The Morgan fingerprint density at radius 1 is 1.79 bits per heavy atom. The number of rotatable bonds is 3. The van der Waals surface area contributed by atoms with Gasteiger partial charge in [-0.1, -0.05) is 0 Å². The Morgan fingerprint density at radius 2 is 2.50 bits per heavy atom. The molecule has 0 spiro atoms. The van der Waals surface area contributed by atoms with Crippen molar-refractivity contribution in [3.05, 3.63) is 17.8 Å². The summed E-state index contributed by atoms with van der Waals surface area (Å²) in [6.45, 7) is 0.0452. The van der Waals surface area contributed by atoms with Gasteiger partial charge in [-0.3, -0.25) is 4.79 Å². The molecule has 0 aromatic carbocycles. The van der Waals surface area contributed by atoms with Crippen molar-refractivity contribution in [3.63, 3.8) is 0 Å². The summed E-state index contributed by atoms with van der Waals surface area (Å²) in [5, 5.41) is 16.0. The molecule has 2 N–H and O–H groups in total. The first-order valence-electron chi connectivity index (χ1n) is 3.85. The standard InChI is InChI=1S/C8H9N5O/c1-13(5-7(10)14)8-2-6(3-9)4-11-12-8/h2,4H,5H2,1H3,(H2,10,14). The zero-order valence-corrected chi connectivity index (χ0v) is 7.64. The summed E-state index contributed by atoms with van der Waals surface area (Å²) in [5.74, 6) is -0.0143. The molecular formula is C8H9N5O. The van der Waals surface area contributed by atoms with Crippen LogP contribution in [0.2, 0.25) is 0 Å². The van der Waals surface area contributed by atoms with Crippen LogP contribution in [0.25, 0.3) is 0 Å². The summed E-state index contributed by atoms with van der Waals surface area (Å²) in [4.78, 5) is 12.1. The summed E-state index contributed by atoms with van der Waals surface area (Å²) in [5.41, 5.74) is 5.40. The van der Waals surface area contributed by atoms with E-state index in [1.807, 2.05) is 6.07 Å². The number of likely N-dealkylation sites (N-methyl/N-ethyl adjacent to an activating group) is 1. The molecule has 1 aromatic rings. The normalized spacial score (nSPS) is 9.14. The number of nitrogens with zero attached hydrogens (tertiary/aromatic N) is 4. The second-order valence-corrected chi connectivity index (χ2v) is 2.74. The predicted molar refractivity (Wildman–Crippen MR) is 49.2 cm³/mol. The van der Waals surface area contributed by atoms with Crippen molar-refractivity contribution in [2.24, 2.45) is 5.73 Å². The topological polar surface area (TPSA) is 95.9 Å². The molecular weight excluding hydrogens is 182 g/mol. The lowest BCUT2D eigenvalue weighted by molar-refractivity contribution is -0.116. The van der Waals surface area contributed by atoms with Gasteiger partial charge >= 0.3 is 0 Å². The van der Waals surface area contributed by atoms with Gasteiger partial charge in [0.2, 0.25) is 5.91 Å². The number of carbonyl (C=O) groups is 1. The van der Waals surface area contributed by atoms with Gasteiger partial charge in [0.1, 0.15) is 6.07 Å². The third-order valence-corrected chi connectivity index (χ3v) is 1.55. The zero-order chi connectivity index (χ0) is 10.6. The third kappa shape index (κ3) is 2.42. The van der Waals surface area contributed by atoms with Crippen LogP contribution in [-0.4, -0.2) is 29.7 Å². The number of hydrogen-bond donors (Lipinski definition) is 1. The fourth-order valence-corrected chi connectivity index (χ4v) is 0.918. The molecule has 6 heteroatoms. The van der Waals surface area contributed by atoms with Gasteiger partial charge in [-0.2, -0.15) is 10.4 Å². The maximum atomic E-state index is 10.6. The summed E-state index contributed by atoms with van der Waals surface area (Å²) in [6.07, 6.45) is 1.35. The van der Waals surface area contributed by atoms with E-state index >= 15 is 0 Å².